The average molecular weight is 430 g/mol. The molecule has 1 fully saturated rings. The zero-order valence-electron chi connectivity index (χ0n) is 17.0. The molecule has 160 valence electrons. The quantitative estimate of drug-likeness (QED) is 0.602. The van der Waals surface area contributed by atoms with Gasteiger partial charge in [0.25, 0.3) is 0 Å². The summed E-state index contributed by atoms with van der Waals surface area (Å²) in [6.07, 6.45) is 4.35. The number of primary sulfonamides is 1. The summed E-state index contributed by atoms with van der Waals surface area (Å²) in [5.41, 5.74) is 2.52. The molecule has 2 aromatic carbocycles. The van der Waals surface area contributed by atoms with Gasteiger partial charge in [0.1, 0.15) is 18.1 Å². The minimum Gasteiger partial charge on any atom is -0.497 e. The predicted molar refractivity (Wildman–Crippen MR) is 117 cm³/mol. The Hall–Kier alpha value is -2.55. The first kappa shape index (κ1) is 20.7. The van der Waals surface area contributed by atoms with Crippen LogP contribution in [0.2, 0.25) is 0 Å². The highest BCUT2D eigenvalue weighted by atomic mass is 32.2. The van der Waals surface area contributed by atoms with Gasteiger partial charge in [-0.3, -0.25) is 4.90 Å². The van der Waals surface area contributed by atoms with Crippen LogP contribution in [0.15, 0.2) is 53.6 Å². The molecule has 0 saturated carbocycles. The van der Waals surface area contributed by atoms with E-state index in [9.17, 15) is 8.42 Å². The predicted octanol–water partition coefficient (Wildman–Crippen LogP) is 3.08. The molecule has 1 aromatic heterocycles. The number of ether oxygens (including phenoxy) is 2. The Labute approximate surface area is 176 Å². The molecule has 0 atom stereocenters. The van der Waals surface area contributed by atoms with Gasteiger partial charge >= 0.3 is 0 Å². The van der Waals surface area contributed by atoms with Crippen molar-refractivity contribution in [2.24, 2.45) is 5.14 Å². The number of nitrogens with two attached hydrogens (primary N) is 1. The average Bonchev–Trinajstić information content (AvgIpc) is 3.17. The standard InChI is InChI=1S/C22H27N3O4S/c1-28-18-4-7-22-20(14-18)21(15-24-22)16-8-10-25(11-9-16)12-13-29-17-2-5-19(6-3-17)30(23,26)27/h2-7,14-16,24H,8-13H2,1H3,(H2,23,26,27). The van der Waals surface area contributed by atoms with Crippen LogP contribution < -0.4 is 14.6 Å². The lowest BCUT2D eigenvalue weighted by molar-refractivity contribution is 0.173. The number of aromatic amines is 1. The van der Waals surface area contributed by atoms with Gasteiger partial charge in [-0.2, -0.15) is 0 Å². The second kappa shape index (κ2) is 8.67. The van der Waals surface area contributed by atoms with Gasteiger partial charge in [-0.1, -0.05) is 0 Å². The van der Waals surface area contributed by atoms with Crippen LogP contribution in [0.3, 0.4) is 0 Å². The van der Waals surface area contributed by atoms with E-state index in [2.05, 4.69) is 28.2 Å². The van der Waals surface area contributed by atoms with E-state index in [4.69, 9.17) is 14.6 Å². The third-order valence-corrected chi connectivity index (χ3v) is 6.71. The van der Waals surface area contributed by atoms with E-state index in [0.29, 0.717) is 18.3 Å². The molecule has 0 unspecified atom stereocenters. The topological polar surface area (TPSA) is 97.6 Å². The molecule has 0 radical (unpaired) electrons. The number of benzene rings is 2. The number of hydrogen-bond donors (Lipinski definition) is 2. The lowest BCUT2D eigenvalue weighted by Crippen LogP contribution is -2.35. The maximum Gasteiger partial charge on any atom is 0.238 e. The molecule has 1 aliphatic heterocycles. The third-order valence-electron chi connectivity index (χ3n) is 5.78. The lowest BCUT2D eigenvalue weighted by Gasteiger charge is -2.31. The number of likely N-dealkylation sites (tertiary alicyclic amines) is 1. The second-order valence-electron chi connectivity index (χ2n) is 7.64. The smallest absolute Gasteiger partial charge is 0.238 e. The first-order chi connectivity index (χ1) is 14.4. The third kappa shape index (κ3) is 4.61. The van der Waals surface area contributed by atoms with Crippen molar-refractivity contribution in [2.75, 3.05) is 33.4 Å². The second-order valence-corrected chi connectivity index (χ2v) is 9.20. The highest BCUT2D eigenvalue weighted by Crippen LogP contribution is 2.34. The van der Waals surface area contributed by atoms with Gasteiger partial charge in [0.05, 0.1) is 12.0 Å². The van der Waals surface area contributed by atoms with Crippen LogP contribution in [-0.4, -0.2) is 51.7 Å². The van der Waals surface area contributed by atoms with Crippen LogP contribution in [0, 0.1) is 0 Å². The van der Waals surface area contributed by atoms with Crippen molar-refractivity contribution < 1.29 is 17.9 Å². The number of nitrogens with zero attached hydrogens (tertiary/aromatic N) is 1. The normalized spacial score (nSPS) is 16.1. The van der Waals surface area contributed by atoms with Crippen LogP contribution in [0.25, 0.3) is 10.9 Å². The van der Waals surface area contributed by atoms with Gasteiger partial charge in [-0.25, -0.2) is 13.6 Å². The number of methoxy groups -OCH3 is 1. The number of H-pyrrole nitrogens is 1. The van der Waals surface area contributed by atoms with Crippen LogP contribution in [-0.2, 0) is 10.0 Å². The number of hydrogen-bond acceptors (Lipinski definition) is 5. The summed E-state index contributed by atoms with van der Waals surface area (Å²) in [6, 6.07) is 12.4. The summed E-state index contributed by atoms with van der Waals surface area (Å²) in [7, 11) is -1.98. The van der Waals surface area contributed by atoms with Crippen molar-refractivity contribution in [3.05, 3.63) is 54.2 Å². The van der Waals surface area contributed by atoms with Crippen molar-refractivity contribution in [1.82, 2.24) is 9.88 Å². The lowest BCUT2D eigenvalue weighted by atomic mass is 9.89. The molecule has 1 aliphatic rings. The first-order valence-corrected chi connectivity index (χ1v) is 11.6. The minimum atomic E-state index is -3.67. The van der Waals surface area contributed by atoms with Crippen LogP contribution >= 0.6 is 0 Å². The van der Waals surface area contributed by atoms with Crippen molar-refractivity contribution >= 4 is 20.9 Å². The zero-order valence-corrected chi connectivity index (χ0v) is 17.8. The van der Waals surface area contributed by atoms with Gasteiger partial charge in [0, 0.05) is 23.6 Å². The molecular formula is C22H27N3O4S. The molecule has 2 heterocycles. The van der Waals surface area contributed by atoms with E-state index in [1.54, 1.807) is 19.2 Å². The molecular weight excluding hydrogens is 402 g/mol. The van der Waals surface area contributed by atoms with Gasteiger partial charge in [0.15, 0.2) is 0 Å². The summed E-state index contributed by atoms with van der Waals surface area (Å²) < 4.78 is 33.8. The van der Waals surface area contributed by atoms with Crippen LogP contribution in [0.5, 0.6) is 11.5 Å². The van der Waals surface area contributed by atoms with E-state index in [0.717, 1.165) is 43.7 Å². The van der Waals surface area contributed by atoms with Crippen molar-refractivity contribution in [3.63, 3.8) is 0 Å². The maximum absolute atomic E-state index is 11.3. The Kier molecular flexibility index (Phi) is 5.99. The Morgan fingerprint density at radius 2 is 1.80 bits per heavy atom. The van der Waals surface area contributed by atoms with E-state index in [-0.39, 0.29) is 4.90 Å². The van der Waals surface area contributed by atoms with Gasteiger partial charge in [0.2, 0.25) is 10.0 Å². The highest BCUT2D eigenvalue weighted by Gasteiger charge is 2.23. The highest BCUT2D eigenvalue weighted by molar-refractivity contribution is 7.89. The number of fused-ring (bicyclic) bond motifs is 1. The first-order valence-electron chi connectivity index (χ1n) is 10.1. The number of aromatic nitrogens is 1. The summed E-state index contributed by atoms with van der Waals surface area (Å²) in [5.74, 6) is 2.06. The molecule has 7 nitrogen and oxygen atoms in total. The van der Waals surface area contributed by atoms with Gasteiger partial charge < -0.3 is 14.5 Å². The molecule has 1 saturated heterocycles. The van der Waals surface area contributed by atoms with Gasteiger partial charge in [-0.05, 0) is 79.9 Å². The molecule has 0 spiro atoms. The van der Waals surface area contributed by atoms with Crippen molar-refractivity contribution in [3.8, 4) is 11.5 Å². The fourth-order valence-corrected chi connectivity index (χ4v) is 4.59. The van der Waals surface area contributed by atoms with E-state index >= 15 is 0 Å². The summed E-state index contributed by atoms with van der Waals surface area (Å²) in [6.45, 7) is 3.44. The molecule has 4 rings (SSSR count). The Morgan fingerprint density at radius 3 is 2.47 bits per heavy atom. The zero-order chi connectivity index (χ0) is 21.1. The molecule has 3 aromatic rings. The number of nitrogens with one attached hydrogen (secondary N) is 1. The van der Waals surface area contributed by atoms with E-state index < -0.39 is 10.0 Å². The van der Waals surface area contributed by atoms with Crippen LogP contribution in [0.4, 0.5) is 0 Å². The van der Waals surface area contributed by atoms with E-state index in [1.165, 1.54) is 23.1 Å². The molecule has 0 amide bonds. The summed E-state index contributed by atoms with van der Waals surface area (Å²) in [4.78, 5) is 5.88. The molecule has 0 bridgehead atoms. The maximum atomic E-state index is 11.3. The van der Waals surface area contributed by atoms with Crippen molar-refractivity contribution in [2.45, 2.75) is 23.7 Å². The Morgan fingerprint density at radius 1 is 1.10 bits per heavy atom. The largest absolute Gasteiger partial charge is 0.497 e. The summed E-state index contributed by atoms with van der Waals surface area (Å²) >= 11 is 0. The monoisotopic (exact) mass is 429 g/mol. The van der Waals surface area contributed by atoms with E-state index in [1.807, 2.05) is 6.07 Å². The Balaban J connectivity index is 1.28. The SMILES string of the molecule is COc1ccc2[nH]cc(C3CCN(CCOc4ccc(S(N)(=O)=O)cc4)CC3)c2c1. The number of rotatable bonds is 7. The number of piperidine rings is 1. The molecule has 0 aliphatic carbocycles. The fourth-order valence-electron chi connectivity index (χ4n) is 4.07. The fraction of sp³-hybridized carbons (Fsp3) is 0.364. The minimum absolute atomic E-state index is 0.0897. The molecule has 3 N–H and O–H groups in total. The van der Waals surface area contributed by atoms with Gasteiger partial charge in [-0.15, -0.1) is 0 Å². The number of sulfonamides is 1. The Bertz CT molecular complexity index is 1100. The van der Waals surface area contributed by atoms with Crippen molar-refractivity contribution in [1.29, 1.82) is 0 Å². The summed E-state index contributed by atoms with van der Waals surface area (Å²) in [5, 5.41) is 6.36. The molecule has 8 heteroatoms. The molecule has 30 heavy (non-hydrogen) atoms. The van der Waals surface area contributed by atoms with Crippen LogP contribution in [0.1, 0.15) is 24.3 Å².